The average molecular weight is 347 g/mol. The number of carbonyl (C=O) groups excluding carboxylic acids is 2. The molecule has 1 amide bonds. The first-order valence-electron chi connectivity index (χ1n) is 8.26. The minimum atomic E-state index is -1.93. The highest BCUT2D eigenvalue weighted by atomic mass is 28.3. The van der Waals surface area contributed by atoms with Crippen molar-refractivity contribution in [1.29, 1.82) is 0 Å². The molecule has 1 atom stereocenters. The zero-order valence-corrected chi connectivity index (χ0v) is 16.7. The van der Waals surface area contributed by atoms with E-state index < -0.39 is 24.9 Å². The Morgan fingerprint density at radius 3 is 2.13 bits per heavy atom. The number of unbranched alkanes of at least 4 members (excludes halogenated alkanes) is 1. The van der Waals surface area contributed by atoms with E-state index in [1.807, 2.05) is 20.8 Å². The van der Waals surface area contributed by atoms with Gasteiger partial charge in [0.25, 0.3) is 0 Å². The predicted molar refractivity (Wildman–Crippen MR) is 95.0 cm³/mol. The normalized spacial score (nSPS) is 14.8. The molecule has 0 aliphatic rings. The molecular formula is C16H34N2O4Si. The molecule has 0 aromatic carbocycles. The fourth-order valence-corrected chi connectivity index (χ4v) is 3.69. The Labute approximate surface area is 141 Å². The number of hydrogen-bond acceptors (Lipinski definition) is 5. The van der Waals surface area contributed by atoms with Gasteiger partial charge in [0.05, 0.1) is 14.7 Å². The molecule has 6 nitrogen and oxygen atoms in total. The van der Waals surface area contributed by atoms with Gasteiger partial charge in [0.1, 0.15) is 10.8 Å². The summed E-state index contributed by atoms with van der Waals surface area (Å²) in [5.74, 6) is -0.306. The van der Waals surface area contributed by atoms with E-state index in [0.29, 0.717) is 19.6 Å². The summed E-state index contributed by atoms with van der Waals surface area (Å²) in [7, 11) is -1.93. The molecule has 0 bridgehead atoms. The van der Waals surface area contributed by atoms with Gasteiger partial charge in [0.15, 0.2) is 0 Å². The van der Waals surface area contributed by atoms with Crippen LogP contribution in [0.4, 0.5) is 4.79 Å². The van der Waals surface area contributed by atoms with Crippen LogP contribution < -0.4 is 11.1 Å². The Hall–Kier alpha value is -1.08. The van der Waals surface area contributed by atoms with Gasteiger partial charge in [-0.1, -0.05) is 19.6 Å². The van der Waals surface area contributed by atoms with Crippen LogP contribution in [-0.4, -0.2) is 44.1 Å². The minimum Gasteiger partial charge on any atom is -0.465 e. The molecule has 0 aromatic heterocycles. The second-order valence-electron chi connectivity index (χ2n) is 7.83. The molecule has 0 rings (SSSR count). The van der Waals surface area contributed by atoms with Crippen LogP contribution in [0, 0.1) is 0 Å². The Balaban J connectivity index is 4.35. The third kappa shape index (κ3) is 7.83. The molecule has 0 fully saturated rings. The molecule has 3 N–H and O–H groups in total. The second-order valence-corrected chi connectivity index (χ2v) is 13.2. The third-order valence-corrected chi connectivity index (χ3v) is 6.77. The fourth-order valence-electron chi connectivity index (χ4n) is 2.08. The van der Waals surface area contributed by atoms with Crippen molar-refractivity contribution >= 4 is 20.1 Å². The Bertz CT molecular complexity index is 402. The molecule has 0 radical (unpaired) electrons. The van der Waals surface area contributed by atoms with E-state index in [1.54, 1.807) is 6.92 Å². The smallest absolute Gasteiger partial charge is 0.407 e. The summed E-state index contributed by atoms with van der Waals surface area (Å²) < 4.78 is 10.3. The quantitative estimate of drug-likeness (QED) is 0.401. The van der Waals surface area contributed by atoms with E-state index in [1.165, 1.54) is 0 Å². The molecule has 0 aromatic rings. The number of nitrogens with two attached hydrogens (primary N) is 1. The third-order valence-electron chi connectivity index (χ3n) is 3.64. The van der Waals surface area contributed by atoms with Crippen LogP contribution in [0.1, 0.15) is 47.0 Å². The molecule has 0 unspecified atom stereocenters. The van der Waals surface area contributed by atoms with E-state index in [9.17, 15) is 9.59 Å². The highest BCUT2D eigenvalue weighted by molar-refractivity contribution is 6.82. The van der Waals surface area contributed by atoms with Gasteiger partial charge in [-0.05, 0) is 47.0 Å². The largest absolute Gasteiger partial charge is 0.465 e. The zero-order chi connectivity index (χ0) is 18.3. The Kier molecular flexibility index (Phi) is 8.27. The summed E-state index contributed by atoms with van der Waals surface area (Å²) in [6.45, 7) is 14.3. The van der Waals surface area contributed by atoms with Crippen LogP contribution in [0.3, 0.4) is 0 Å². The lowest BCUT2D eigenvalue weighted by molar-refractivity contribution is -0.147. The number of alkyl carbamates (subject to hydrolysis) is 1. The maximum Gasteiger partial charge on any atom is 0.407 e. The highest BCUT2D eigenvalue weighted by Gasteiger charge is 2.47. The van der Waals surface area contributed by atoms with Crippen LogP contribution in [-0.2, 0) is 14.3 Å². The summed E-state index contributed by atoms with van der Waals surface area (Å²) in [5.41, 5.74) is 5.90. The molecule has 23 heavy (non-hydrogen) atoms. The number of ether oxygens (including phenoxy) is 2. The molecular weight excluding hydrogens is 312 g/mol. The van der Waals surface area contributed by atoms with Crippen LogP contribution in [0.2, 0.25) is 19.6 Å². The van der Waals surface area contributed by atoms with Crippen molar-refractivity contribution in [1.82, 2.24) is 5.32 Å². The number of amides is 1. The number of hydrogen-bond donors (Lipinski definition) is 2. The summed E-state index contributed by atoms with van der Waals surface area (Å²) >= 11 is 0. The van der Waals surface area contributed by atoms with Crippen molar-refractivity contribution in [2.45, 2.75) is 77.4 Å². The first kappa shape index (κ1) is 21.9. The van der Waals surface area contributed by atoms with Gasteiger partial charge in [0, 0.05) is 6.54 Å². The fraction of sp³-hybridized carbons (Fsp3) is 0.875. The van der Waals surface area contributed by atoms with Crippen molar-refractivity contribution in [2.24, 2.45) is 5.73 Å². The van der Waals surface area contributed by atoms with Crippen molar-refractivity contribution in [3.63, 3.8) is 0 Å². The average Bonchev–Trinajstić information content (AvgIpc) is 2.34. The van der Waals surface area contributed by atoms with E-state index in [0.717, 1.165) is 12.8 Å². The van der Waals surface area contributed by atoms with Gasteiger partial charge in [0.2, 0.25) is 0 Å². The zero-order valence-electron chi connectivity index (χ0n) is 15.7. The van der Waals surface area contributed by atoms with Crippen molar-refractivity contribution in [2.75, 3.05) is 13.2 Å². The van der Waals surface area contributed by atoms with Crippen molar-refractivity contribution < 1.29 is 19.1 Å². The monoisotopic (exact) mass is 346 g/mol. The first-order chi connectivity index (χ1) is 10.3. The van der Waals surface area contributed by atoms with E-state index in [2.05, 4.69) is 25.0 Å². The van der Waals surface area contributed by atoms with Gasteiger partial charge < -0.3 is 20.5 Å². The highest BCUT2D eigenvalue weighted by Crippen LogP contribution is 2.25. The lowest BCUT2D eigenvalue weighted by Gasteiger charge is -2.37. The maximum absolute atomic E-state index is 12.2. The van der Waals surface area contributed by atoms with Crippen molar-refractivity contribution in [3.05, 3.63) is 0 Å². The lowest BCUT2D eigenvalue weighted by Crippen LogP contribution is -2.65. The second kappa shape index (κ2) is 8.68. The van der Waals surface area contributed by atoms with Crippen molar-refractivity contribution in [3.8, 4) is 0 Å². The summed E-state index contributed by atoms with van der Waals surface area (Å²) in [6, 6.07) is 0. The van der Waals surface area contributed by atoms with Gasteiger partial charge >= 0.3 is 12.1 Å². The summed E-state index contributed by atoms with van der Waals surface area (Å²) in [6.07, 6.45) is 1.63. The summed E-state index contributed by atoms with van der Waals surface area (Å²) in [4.78, 5) is 23.8. The number of nitrogens with one attached hydrogen (secondary N) is 1. The maximum atomic E-state index is 12.2. The van der Waals surface area contributed by atoms with Crippen LogP contribution in [0.15, 0.2) is 0 Å². The van der Waals surface area contributed by atoms with Crippen LogP contribution >= 0.6 is 0 Å². The molecule has 0 aliphatic carbocycles. The molecule has 0 saturated carbocycles. The van der Waals surface area contributed by atoms with Gasteiger partial charge in [-0.2, -0.15) is 0 Å². The molecule has 7 heteroatoms. The Morgan fingerprint density at radius 1 is 1.13 bits per heavy atom. The molecule has 136 valence electrons. The first-order valence-corrected chi connectivity index (χ1v) is 11.8. The standard InChI is InChI=1S/C16H34N2O4Si/c1-8-21-13(19)16(17,23(5,6)7)11-9-10-12-18-14(20)22-15(2,3)4/h8-12,17H2,1-7H3,(H,18,20)/t16-/m1/s1. The molecule has 0 spiro atoms. The number of esters is 1. The number of carbonyl (C=O) groups is 2. The Morgan fingerprint density at radius 2 is 1.70 bits per heavy atom. The minimum absolute atomic E-state index is 0.306. The molecule has 0 heterocycles. The summed E-state index contributed by atoms with van der Waals surface area (Å²) in [5, 5.41) is 1.82. The lowest BCUT2D eigenvalue weighted by atomic mass is 10.1. The van der Waals surface area contributed by atoms with Gasteiger partial charge in [-0.3, -0.25) is 4.79 Å². The molecule has 0 saturated heterocycles. The van der Waals surface area contributed by atoms with E-state index >= 15 is 0 Å². The SMILES string of the molecule is CCOC(=O)[C@@](N)(CCCCNC(=O)OC(C)(C)C)[Si](C)(C)C. The topological polar surface area (TPSA) is 90.6 Å². The van der Waals surface area contributed by atoms with Gasteiger partial charge in [-0.25, -0.2) is 4.79 Å². The predicted octanol–water partition coefficient (Wildman–Crippen LogP) is 2.82. The van der Waals surface area contributed by atoms with E-state index in [-0.39, 0.29) is 5.97 Å². The van der Waals surface area contributed by atoms with Crippen LogP contribution in [0.5, 0.6) is 0 Å². The molecule has 0 aliphatic heterocycles. The number of rotatable bonds is 8. The van der Waals surface area contributed by atoms with Crippen LogP contribution in [0.25, 0.3) is 0 Å². The van der Waals surface area contributed by atoms with E-state index in [4.69, 9.17) is 15.2 Å². The van der Waals surface area contributed by atoms with Gasteiger partial charge in [-0.15, -0.1) is 0 Å².